The van der Waals surface area contributed by atoms with Crippen molar-refractivity contribution >= 4 is 20.8 Å². The van der Waals surface area contributed by atoms with Crippen molar-refractivity contribution in [3.05, 3.63) is 36.4 Å². The molecule has 4 nitrogen and oxygen atoms in total. The standard InChI is InChI=1S/C24H31NO3S/c1-2-28-23-7-8-24(22-6-4-3-5-21(22)23)29(26,27)25-10-9-20-18-12-16-11-17(14-18)15-19(20)13-16/h3-8,16-20,25H,2,9-15H2,1H3. The van der Waals surface area contributed by atoms with Gasteiger partial charge in [0.25, 0.3) is 0 Å². The van der Waals surface area contributed by atoms with Gasteiger partial charge in [-0.05, 0) is 87.2 Å². The van der Waals surface area contributed by atoms with Crippen molar-refractivity contribution in [3.63, 3.8) is 0 Å². The number of hydrogen-bond acceptors (Lipinski definition) is 3. The first-order chi connectivity index (χ1) is 14.0. The summed E-state index contributed by atoms with van der Waals surface area (Å²) in [5.74, 6) is 5.03. The molecule has 4 aliphatic rings. The van der Waals surface area contributed by atoms with Crippen molar-refractivity contribution in [1.29, 1.82) is 0 Å². The normalized spacial score (nSPS) is 30.7. The molecule has 0 heterocycles. The summed E-state index contributed by atoms with van der Waals surface area (Å²) in [5, 5.41) is 1.57. The van der Waals surface area contributed by atoms with Gasteiger partial charge in [-0.15, -0.1) is 0 Å². The molecule has 29 heavy (non-hydrogen) atoms. The highest BCUT2D eigenvalue weighted by atomic mass is 32.2. The van der Waals surface area contributed by atoms with E-state index in [0.29, 0.717) is 24.0 Å². The molecule has 2 aromatic rings. The maximum absolute atomic E-state index is 13.1. The van der Waals surface area contributed by atoms with Gasteiger partial charge in [0, 0.05) is 17.3 Å². The molecule has 4 aliphatic carbocycles. The van der Waals surface area contributed by atoms with E-state index in [1.165, 1.54) is 32.1 Å². The van der Waals surface area contributed by atoms with E-state index in [1.54, 1.807) is 12.1 Å². The van der Waals surface area contributed by atoms with Crippen LogP contribution < -0.4 is 9.46 Å². The number of fused-ring (bicyclic) bond motifs is 1. The first kappa shape index (κ1) is 19.4. The maximum atomic E-state index is 13.1. The quantitative estimate of drug-likeness (QED) is 0.696. The molecule has 4 saturated carbocycles. The molecular formula is C24H31NO3S. The smallest absolute Gasteiger partial charge is 0.241 e. The zero-order valence-electron chi connectivity index (χ0n) is 17.1. The van der Waals surface area contributed by atoms with E-state index in [4.69, 9.17) is 4.74 Å². The topological polar surface area (TPSA) is 55.4 Å². The lowest BCUT2D eigenvalue weighted by atomic mass is 9.51. The van der Waals surface area contributed by atoms with Gasteiger partial charge < -0.3 is 4.74 Å². The van der Waals surface area contributed by atoms with Gasteiger partial charge in [0.1, 0.15) is 5.75 Å². The van der Waals surface area contributed by atoms with Crippen LogP contribution in [0.1, 0.15) is 45.4 Å². The molecule has 5 heteroatoms. The average molecular weight is 414 g/mol. The molecule has 156 valence electrons. The van der Waals surface area contributed by atoms with E-state index in [0.717, 1.165) is 46.6 Å². The van der Waals surface area contributed by atoms with Gasteiger partial charge in [-0.2, -0.15) is 0 Å². The predicted molar refractivity (Wildman–Crippen MR) is 115 cm³/mol. The molecule has 4 bridgehead atoms. The highest BCUT2D eigenvalue weighted by Gasteiger charge is 2.47. The van der Waals surface area contributed by atoms with Crippen LogP contribution in [-0.2, 0) is 10.0 Å². The summed E-state index contributed by atoms with van der Waals surface area (Å²) in [6.45, 7) is 3.03. The minimum Gasteiger partial charge on any atom is -0.493 e. The number of ether oxygens (including phenoxy) is 1. The Balaban J connectivity index is 1.31. The van der Waals surface area contributed by atoms with E-state index in [9.17, 15) is 8.42 Å². The van der Waals surface area contributed by atoms with Crippen molar-refractivity contribution in [3.8, 4) is 5.75 Å². The molecule has 0 amide bonds. The third-order valence-electron chi connectivity index (χ3n) is 7.63. The molecule has 1 N–H and O–H groups in total. The Morgan fingerprint density at radius 2 is 1.59 bits per heavy atom. The summed E-state index contributed by atoms with van der Waals surface area (Å²) in [6, 6.07) is 11.0. The van der Waals surface area contributed by atoms with Crippen molar-refractivity contribution in [1.82, 2.24) is 4.72 Å². The SMILES string of the molecule is CCOc1ccc(S(=O)(=O)NCCC2C3CC4CC(C3)CC2C4)c2ccccc12. The number of nitrogens with one attached hydrogen (secondary N) is 1. The van der Waals surface area contributed by atoms with Crippen LogP contribution in [0.5, 0.6) is 5.75 Å². The summed E-state index contributed by atoms with van der Waals surface area (Å²) in [6.07, 6.45) is 7.96. The van der Waals surface area contributed by atoms with Crippen molar-refractivity contribution in [2.45, 2.75) is 50.3 Å². The second kappa shape index (κ2) is 7.59. The number of hydrogen-bond donors (Lipinski definition) is 1. The fourth-order valence-corrected chi connectivity index (χ4v) is 7.96. The summed E-state index contributed by atoms with van der Waals surface area (Å²) in [7, 11) is -3.55. The van der Waals surface area contributed by atoms with Crippen LogP contribution in [0.3, 0.4) is 0 Å². The van der Waals surface area contributed by atoms with Gasteiger partial charge in [-0.25, -0.2) is 13.1 Å². The third kappa shape index (κ3) is 3.57. The van der Waals surface area contributed by atoms with Crippen LogP contribution in [0.15, 0.2) is 41.3 Å². The fraction of sp³-hybridized carbons (Fsp3) is 0.583. The van der Waals surface area contributed by atoms with Crippen LogP contribution in [0.4, 0.5) is 0 Å². The molecule has 0 saturated heterocycles. The van der Waals surface area contributed by atoms with Crippen molar-refractivity contribution in [2.75, 3.05) is 13.2 Å². The molecule has 6 rings (SSSR count). The van der Waals surface area contributed by atoms with Gasteiger partial charge in [-0.3, -0.25) is 0 Å². The molecule has 0 aliphatic heterocycles. The minimum atomic E-state index is -3.55. The predicted octanol–water partition coefficient (Wildman–Crippen LogP) is 4.98. The molecule has 0 radical (unpaired) electrons. The Morgan fingerprint density at radius 1 is 0.931 bits per heavy atom. The van der Waals surface area contributed by atoms with Crippen LogP contribution in [0, 0.1) is 29.6 Å². The average Bonchev–Trinajstić information content (AvgIpc) is 2.70. The van der Waals surface area contributed by atoms with E-state index in [2.05, 4.69) is 4.72 Å². The Labute approximate surface area is 174 Å². The Hall–Kier alpha value is -1.59. The number of benzene rings is 2. The summed E-state index contributed by atoms with van der Waals surface area (Å²) in [4.78, 5) is 0.349. The van der Waals surface area contributed by atoms with Crippen molar-refractivity contribution in [2.24, 2.45) is 29.6 Å². The van der Waals surface area contributed by atoms with Crippen LogP contribution in [-0.4, -0.2) is 21.6 Å². The Bertz CT molecular complexity index is 972. The molecule has 0 spiro atoms. The lowest BCUT2D eigenvalue weighted by Crippen LogP contribution is -2.46. The second-order valence-electron chi connectivity index (χ2n) is 9.32. The highest BCUT2D eigenvalue weighted by Crippen LogP contribution is 2.57. The van der Waals surface area contributed by atoms with Gasteiger partial charge in [0.2, 0.25) is 10.0 Å². The largest absolute Gasteiger partial charge is 0.493 e. The summed E-state index contributed by atoms with van der Waals surface area (Å²) >= 11 is 0. The molecule has 2 aromatic carbocycles. The molecule has 0 aromatic heterocycles. The Morgan fingerprint density at radius 3 is 2.24 bits per heavy atom. The minimum absolute atomic E-state index is 0.349. The third-order valence-corrected chi connectivity index (χ3v) is 9.14. The van der Waals surface area contributed by atoms with E-state index in [-0.39, 0.29) is 0 Å². The van der Waals surface area contributed by atoms with Crippen molar-refractivity contribution < 1.29 is 13.2 Å². The zero-order chi connectivity index (χ0) is 20.0. The first-order valence-corrected chi connectivity index (χ1v) is 12.7. The monoisotopic (exact) mass is 413 g/mol. The summed E-state index contributed by atoms with van der Waals surface area (Å²) < 4.78 is 34.8. The molecular weight excluding hydrogens is 382 g/mol. The molecule has 0 atom stereocenters. The van der Waals surface area contributed by atoms with Gasteiger partial charge in [0.15, 0.2) is 0 Å². The number of rotatable bonds is 7. The van der Waals surface area contributed by atoms with Crippen LogP contribution in [0.25, 0.3) is 10.8 Å². The highest BCUT2D eigenvalue weighted by molar-refractivity contribution is 7.89. The second-order valence-corrected chi connectivity index (χ2v) is 11.1. The van der Waals surface area contributed by atoms with E-state index in [1.807, 2.05) is 31.2 Å². The van der Waals surface area contributed by atoms with Crippen LogP contribution >= 0.6 is 0 Å². The fourth-order valence-electron chi connectivity index (χ4n) is 6.71. The van der Waals surface area contributed by atoms with E-state index >= 15 is 0 Å². The molecule has 0 unspecified atom stereocenters. The Kier molecular flexibility index (Phi) is 5.07. The lowest BCUT2D eigenvalue weighted by molar-refractivity contribution is -0.0388. The van der Waals surface area contributed by atoms with Gasteiger partial charge in [-0.1, -0.05) is 24.3 Å². The zero-order valence-corrected chi connectivity index (χ0v) is 18.0. The number of sulfonamides is 1. The summed E-state index contributed by atoms with van der Waals surface area (Å²) in [5.41, 5.74) is 0. The molecule has 4 fully saturated rings. The van der Waals surface area contributed by atoms with Gasteiger partial charge >= 0.3 is 0 Å². The van der Waals surface area contributed by atoms with Gasteiger partial charge in [0.05, 0.1) is 11.5 Å². The maximum Gasteiger partial charge on any atom is 0.241 e. The van der Waals surface area contributed by atoms with E-state index < -0.39 is 10.0 Å². The first-order valence-electron chi connectivity index (χ1n) is 11.2. The van der Waals surface area contributed by atoms with Crippen LogP contribution in [0.2, 0.25) is 0 Å². The lowest BCUT2D eigenvalue weighted by Gasteiger charge is -2.54.